The summed E-state index contributed by atoms with van der Waals surface area (Å²) in [4.78, 5) is 4.69. The fourth-order valence-corrected chi connectivity index (χ4v) is 5.16. The number of hydrogen-bond acceptors (Lipinski definition) is 5. The molecule has 0 radical (unpaired) electrons. The first-order chi connectivity index (χ1) is 21.3. The Bertz CT molecular complexity index is 1090. The van der Waals surface area contributed by atoms with Crippen molar-refractivity contribution in [1.82, 2.24) is 4.90 Å². The third-order valence-corrected chi connectivity index (χ3v) is 7.26. The number of fused-ring (bicyclic) bond motifs is 1. The minimum Gasteiger partial charge on any atom is -0.508 e. The fourth-order valence-electron chi connectivity index (χ4n) is 5.16. The van der Waals surface area contributed by atoms with Crippen LogP contribution in [0.25, 0.3) is 0 Å². The van der Waals surface area contributed by atoms with E-state index < -0.39 is 0 Å². The number of anilines is 1. The molecule has 0 saturated carbocycles. The Hall–Kier alpha value is -3.02. The molecule has 1 aliphatic heterocycles. The Balaban J connectivity index is 0.00000183. The molecule has 0 unspecified atom stereocenters. The van der Waals surface area contributed by atoms with Gasteiger partial charge in [-0.05, 0) is 106 Å². The van der Waals surface area contributed by atoms with Crippen molar-refractivity contribution in [3.63, 3.8) is 0 Å². The summed E-state index contributed by atoms with van der Waals surface area (Å²) in [6.45, 7) is 22.4. The van der Waals surface area contributed by atoms with Gasteiger partial charge in [-0.2, -0.15) is 0 Å². The maximum atomic E-state index is 9.97. The van der Waals surface area contributed by atoms with Crippen LogP contribution in [0.3, 0.4) is 0 Å². The van der Waals surface area contributed by atoms with E-state index in [0.29, 0.717) is 12.4 Å². The Kier molecular flexibility index (Phi) is 23.6. The summed E-state index contributed by atoms with van der Waals surface area (Å²) in [6, 6.07) is 14.1. The molecule has 5 heteroatoms. The second-order valence-corrected chi connectivity index (χ2v) is 11.0. The predicted molar refractivity (Wildman–Crippen MR) is 193 cm³/mol. The largest absolute Gasteiger partial charge is 0.508 e. The topological polar surface area (TPSA) is 56.2 Å². The molecule has 2 N–H and O–H groups in total. The van der Waals surface area contributed by atoms with Gasteiger partial charge < -0.3 is 24.7 Å². The molecular weight excluding hydrogens is 544 g/mol. The van der Waals surface area contributed by atoms with E-state index in [1.165, 1.54) is 55.4 Å². The highest BCUT2D eigenvalue weighted by Crippen LogP contribution is 2.38. The lowest BCUT2D eigenvalue weighted by Gasteiger charge is -2.35. The summed E-state index contributed by atoms with van der Waals surface area (Å²) in [5.41, 5.74) is 7.03. The zero-order valence-corrected chi connectivity index (χ0v) is 29.6. The Morgan fingerprint density at radius 3 is 2.18 bits per heavy atom. The van der Waals surface area contributed by atoms with Crippen molar-refractivity contribution >= 4 is 5.69 Å². The van der Waals surface area contributed by atoms with Crippen LogP contribution in [0.1, 0.15) is 105 Å². The number of ether oxygens (including phenoxy) is 1. The molecule has 2 aromatic rings. The smallest absolute Gasteiger partial charge is 0.119 e. The number of aliphatic hydroxyl groups excluding tert-OH is 1. The maximum absolute atomic E-state index is 9.97. The quantitative estimate of drug-likeness (QED) is 0.156. The van der Waals surface area contributed by atoms with Gasteiger partial charge in [0.2, 0.25) is 0 Å². The second kappa shape index (κ2) is 25.3. The van der Waals surface area contributed by atoms with E-state index in [4.69, 9.17) is 9.84 Å². The van der Waals surface area contributed by atoms with Gasteiger partial charge in [-0.3, -0.25) is 0 Å². The predicted octanol–water partition coefficient (Wildman–Crippen LogP) is 10.1. The summed E-state index contributed by atoms with van der Waals surface area (Å²) in [5.74, 6) is 1.23. The normalized spacial score (nSPS) is 12.0. The average Bonchev–Trinajstić information content (AvgIpc) is 3.02. The zero-order chi connectivity index (χ0) is 33.3. The molecule has 248 valence electrons. The lowest BCUT2D eigenvalue weighted by molar-refractivity contribution is 0.234. The maximum Gasteiger partial charge on any atom is 0.119 e. The first kappa shape index (κ1) is 41.0. The number of aliphatic hydroxyl groups is 1. The summed E-state index contributed by atoms with van der Waals surface area (Å²) < 4.78 is 6.02. The summed E-state index contributed by atoms with van der Waals surface area (Å²) >= 11 is 0. The van der Waals surface area contributed by atoms with E-state index in [2.05, 4.69) is 87.5 Å². The first-order valence-corrected chi connectivity index (χ1v) is 16.7. The molecule has 0 aliphatic carbocycles. The molecule has 44 heavy (non-hydrogen) atoms. The molecule has 0 fully saturated rings. The number of phenolic OH excluding ortho intramolecular Hbond substituents is 1. The molecule has 0 saturated heterocycles. The van der Waals surface area contributed by atoms with Gasteiger partial charge in [0.1, 0.15) is 18.1 Å². The van der Waals surface area contributed by atoms with E-state index in [1.807, 2.05) is 32.9 Å². The minimum absolute atomic E-state index is 0.314. The number of phenols is 1. The van der Waals surface area contributed by atoms with E-state index in [-0.39, 0.29) is 0 Å². The number of allylic oxidation sites excluding steroid dienone is 4. The number of benzene rings is 2. The van der Waals surface area contributed by atoms with Gasteiger partial charge in [0.05, 0.1) is 0 Å². The minimum atomic E-state index is 0.314. The third-order valence-electron chi connectivity index (χ3n) is 7.26. The number of nitrogens with zero attached hydrogens (tertiary/aromatic N) is 2. The second-order valence-electron chi connectivity index (χ2n) is 11.0. The van der Waals surface area contributed by atoms with Crippen LogP contribution in [0.15, 0.2) is 78.0 Å². The van der Waals surface area contributed by atoms with E-state index in [0.717, 1.165) is 62.2 Å². The molecule has 2 aromatic carbocycles. The molecule has 0 atom stereocenters. The number of aromatic hydroxyl groups is 1. The summed E-state index contributed by atoms with van der Waals surface area (Å²) in [7, 11) is 3.18. The van der Waals surface area contributed by atoms with Crippen LogP contribution in [0.5, 0.6) is 11.5 Å². The number of unbranched alkanes of at least 4 members (excludes halogenated alkanes) is 5. The number of rotatable bonds is 15. The van der Waals surface area contributed by atoms with Gasteiger partial charge in [-0.1, -0.05) is 90.7 Å². The van der Waals surface area contributed by atoms with E-state index in [9.17, 15) is 5.11 Å². The van der Waals surface area contributed by atoms with Gasteiger partial charge in [0.15, 0.2) is 0 Å². The van der Waals surface area contributed by atoms with Crippen LogP contribution in [-0.4, -0.2) is 49.0 Å². The lowest BCUT2D eigenvalue weighted by atomic mass is 9.93. The first-order valence-electron chi connectivity index (χ1n) is 16.7. The molecule has 3 rings (SSSR count). The highest BCUT2D eigenvalue weighted by atomic mass is 16.5. The number of hydrogen-bond donors (Lipinski definition) is 2. The van der Waals surface area contributed by atoms with Crippen molar-refractivity contribution in [1.29, 1.82) is 0 Å². The van der Waals surface area contributed by atoms with Gasteiger partial charge in [0, 0.05) is 31.6 Å². The van der Waals surface area contributed by atoms with Gasteiger partial charge in [-0.25, -0.2) is 0 Å². The monoisotopic (exact) mass is 608 g/mol. The summed E-state index contributed by atoms with van der Waals surface area (Å²) in [5, 5.41) is 17.0. The van der Waals surface area contributed by atoms with Crippen molar-refractivity contribution in [3.05, 3.63) is 89.2 Å². The SMILES string of the molecule is C/C=C\CC.C=C(C)C1=C(C)Cc2cc(O)ccc2N1Cc1ccc(OCCN(C)CCCCCCCC)cc1.CC.CO. The third kappa shape index (κ3) is 15.6. The highest BCUT2D eigenvalue weighted by Gasteiger charge is 2.24. The van der Waals surface area contributed by atoms with Crippen molar-refractivity contribution in [3.8, 4) is 11.5 Å². The Morgan fingerprint density at radius 2 is 1.61 bits per heavy atom. The average molecular weight is 609 g/mol. The number of likely N-dealkylation sites (N-methyl/N-ethyl adjacent to an activating group) is 1. The molecule has 5 nitrogen and oxygen atoms in total. The van der Waals surface area contributed by atoms with Crippen LogP contribution >= 0.6 is 0 Å². The van der Waals surface area contributed by atoms with Crippen molar-refractivity contribution in [2.24, 2.45) is 0 Å². The van der Waals surface area contributed by atoms with E-state index >= 15 is 0 Å². The molecule has 1 aliphatic rings. The molecule has 0 bridgehead atoms. The Morgan fingerprint density at radius 1 is 0.977 bits per heavy atom. The zero-order valence-electron chi connectivity index (χ0n) is 29.6. The van der Waals surface area contributed by atoms with Crippen molar-refractivity contribution in [2.75, 3.05) is 38.8 Å². The van der Waals surface area contributed by atoms with Crippen LogP contribution in [-0.2, 0) is 13.0 Å². The van der Waals surface area contributed by atoms with Gasteiger partial charge in [0.25, 0.3) is 0 Å². The van der Waals surface area contributed by atoms with Crippen molar-refractivity contribution in [2.45, 2.75) is 106 Å². The highest BCUT2D eigenvalue weighted by molar-refractivity contribution is 5.67. The Labute approximate surface area is 271 Å². The van der Waals surface area contributed by atoms with Crippen LogP contribution < -0.4 is 9.64 Å². The fraction of sp³-hybridized carbons (Fsp3) is 0.538. The molecule has 0 aromatic heterocycles. The van der Waals surface area contributed by atoms with Crippen LogP contribution in [0.4, 0.5) is 5.69 Å². The molecule has 1 heterocycles. The molecule has 0 spiro atoms. The standard InChI is InChI=1S/C31H44N2O2.C5H10.C2H6.CH4O/c1-6-7-8-9-10-11-18-32(5)19-20-35-29-15-12-26(13-16-29)23-33-30-17-14-28(34)22-27(30)21-25(4)31(33)24(2)3;1-3-5-4-2;2*1-2/h12-17,22,34H,2,6-11,18-21,23H2,1,3-5H3;3,5H,4H2,1-2H3;1-2H3;2H,1H3/b;5-3-;;. The van der Waals surface area contributed by atoms with Gasteiger partial charge >= 0.3 is 0 Å². The molecular formula is C39H64N2O3. The molecule has 0 amide bonds. The van der Waals surface area contributed by atoms with Crippen LogP contribution in [0, 0.1) is 0 Å². The van der Waals surface area contributed by atoms with Crippen LogP contribution in [0.2, 0.25) is 0 Å². The van der Waals surface area contributed by atoms with E-state index in [1.54, 1.807) is 6.07 Å². The lowest BCUT2D eigenvalue weighted by Crippen LogP contribution is -2.28. The van der Waals surface area contributed by atoms with Crippen molar-refractivity contribution < 1.29 is 14.9 Å². The van der Waals surface area contributed by atoms with Gasteiger partial charge in [-0.15, -0.1) is 0 Å². The summed E-state index contributed by atoms with van der Waals surface area (Å²) in [6.07, 6.45) is 14.2.